The Kier molecular flexibility index (Phi) is 15.8. The van der Waals surface area contributed by atoms with E-state index >= 15 is 0 Å². The standard InChI is InChI=1S/C61H57FN18O3/c1-39-16-24-76(26-28-78(39)57-14-10-43(35-63)49(69-57)6-3-19-67-61(83)53-34-59-66-20-5-22-80(59)74-53)46-32-51(71-68-37-46)47-12-8-41(30-55(47)81)42-9-13-48(56(82)31-42)52-33-54(60(65)73-72-52)77-25-17-40(2)79(29-27-77)58-15-11-44(36-64)50(70-58)7-4-21-75-23-18-45(62)38-75/h5,8-15,20,22,30-34,37,39-40,45,81-82H,16-19,21,23-29,38H2,1-2H3,(H2,65,73)(H,67,83)/t39-,40?,45?/m1/s1. The maximum absolute atomic E-state index is 13.7. The maximum atomic E-state index is 13.7. The minimum atomic E-state index is -0.832. The molecule has 0 spiro atoms. The number of nitrogens with one attached hydrogen (secondary N) is 1. The van der Waals surface area contributed by atoms with Crippen LogP contribution in [0.1, 0.15) is 66.1 Å². The fourth-order valence-corrected chi connectivity index (χ4v) is 10.6. The molecule has 0 bridgehead atoms. The predicted octanol–water partition coefficient (Wildman–Crippen LogP) is 6.22. The van der Waals surface area contributed by atoms with Crippen LogP contribution in [0, 0.1) is 46.3 Å². The summed E-state index contributed by atoms with van der Waals surface area (Å²) in [6.07, 6.45) is 6.26. The molecule has 3 aliphatic heterocycles. The second-order valence-electron chi connectivity index (χ2n) is 20.6. The Balaban J connectivity index is 0.729. The van der Waals surface area contributed by atoms with Gasteiger partial charge in [-0.25, -0.2) is 23.9 Å². The maximum Gasteiger partial charge on any atom is 0.272 e. The third kappa shape index (κ3) is 12.1. The van der Waals surface area contributed by atoms with Crippen LogP contribution in [0.15, 0.2) is 104 Å². The number of hydrogen-bond donors (Lipinski definition) is 4. The minimum absolute atomic E-state index is 0.0134. The van der Waals surface area contributed by atoms with Gasteiger partial charge in [0.25, 0.3) is 5.91 Å². The molecule has 5 N–H and O–H groups in total. The number of nitrogens with two attached hydrogens (primary N) is 1. The van der Waals surface area contributed by atoms with Gasteiger partial charge in [0.15, 0.2) is 17.2 Å². The van der Waals surface area contributed by atoms with Crippen molar-refractivity contribution in [3.05, 3.63) is 132 Å². The normalized spacial score (nSPS) is 17.3. The molecule has 416 valence electrons. The quantitative estimate of drug-likeness (QED) is 0.111. The predicted molar refractivity (Wildman–Crippen MR) is 312 cm³/mol. The number of benzene rings is 2. The third-order valence-corrected chi connectivity index (χ3v) is 15.3. The van der Waals surface area contributed by atoms with Gasteiger partial charge in [-0.2, -0.15) is 25.8 Å². The summed E-state index contributed by atoms with van der Waals surface area (Å²) >= 11 is 0. The molecule has 0 aliphatic carbocycles. The SMILES string of the molecule is CC1CCN(c2cc(-c3ccc(-c4ccc(-c5cc(N6CC[C@@H](C)N(c7ccc(C#N)c(C#CCNC(=O)c8cc9ncccn9n8)n7)CC6)cnn5)c(O)c4)cc3O)nnc2N)CCN1c1ccc(C#N)c(C#CCN2CCC(F)C2)n1. The number of amides is 1. The first-order valence-corrected chi connectivity index (χ1v) is 27.3. The smallest absolute Gasteiger partial charge is 0.272 e. The summed E-state index contributed by atoms with van der Waals surface area (Å²) < 4.78 is 15.2. The van der Waals surface area contributed by atoms with E-state index in [1.807, 2.05) is 41.3 Å². The highest BCUT2D eigenvalue weighted by molar-refractivity contribution is 5.93. The molecule has 9 heterocycles. The Morgan fingerprint density at radius 2 is 1.37 bits per heavy atom. The number of rotatable bonds is 10. The Morgan fingerprint density at radius 1 is 0.735 bits per heavy atom. The molecule has 3 saturated heterocycles. The molecule has 0 saturated carbocycles. The van der Waals surface area contributed by atoms with Crippen LogP contribution >= 0.6 is 0 Å². The number of likely N-dealkylation sites (tertiary alicyclic amines) is 1. The number of fused-ring (bicyclic) bond motifs is 1. The summed E-state index contributed by atoms with van der Waals surface area (Å²) in [5.74, 6) is 13.3. The summed E-state index contributed by atoms with van der Waals surface area (Å²) in [5.41, 5.74) is 13.4. The van der Waals surface area contributed by atoms with E-state index in [2.05, 4.69) is 105 Å². The monoisotopic (exact) mass is 1110 g/mol. The molecule has 11 rings (SSSR count). The lowest BCUT2D eigenvalue weighted by Crippen LogP contribution is -2.35. The second-order valence-corrected chi connectivity index (χ2v) is 20.6. The lowest BCUT2D eigenvalue weighted by molar-refractivity contribution is 0.0953. The number of halogens is 1. The van der Waals surface area contributed by atoms with Crippen molar-refractivity contribution in [2.75, 3.05) is 90.8 Å². The summed E-state index contributed by atoms with van der Waals surface area (Å²) in [5, 5.41) is 67.1. The van der Waals surface area contributed by atoms with Crippen molar-refractivity contribution < 1.29 is 19.4 Å². The van der Waals surface area contributed by atoms with Crippen LogP contribution in [0.5, 0.6) is 11.5 Å². The molecule has 6 aromatic heterocycles. The zero-order valence-electron chi connectivity index (χ0n) is 45.7. The molecule has 3 aliphatic rings. The number of aromatic hydroxyl groups is 2. The Labute approximate surface area is 478 Å². The van der Waals surface area contributed by atoms with Crippen molar-refractivity contribution in [2.24, 2.45) is 0 Å². The van der Waals surface area contributed by atoms with Crippen LogP contribution in [-0.2, 0) is 0 Å². The number of nitrogens with zero attached hydrogens (tertiary/aromatic N) is 16. The van der Waals surface area contributed by atoms with Crippen LogP contribution in [0.4, 0.5) is 33.2 Å². The van der Waals surface area contributed by atoms with E-state index in [0.29, 0.717) is 144 Å². The molecule has 8 aromatic rings. The Bertz CT molecular complexity index is 3950. The average Bonchev–Trinajstić information content (AvgIpc) is 4.14. The van der Waals surface area contributed by atoms with Crippen LogP contribution < -0.4 is 30.7 Å². The molecular formula is C61H57FN18O3. The summed E-state index contributed by atoms with van der Waals surface area (Å²) in [7, 11) is 0. The molecule has 2 unspecified atom stereocenters. The lowest BCUT2D eigenvalue weighted by Gasteiger charge is -2.28. The van der Waals surface area contributed by atoms with E-state index < -0.39 is 12.1 Å². The van der Waals surface area contributed by atoms with Crippen molar-refractivity contribution in [1.29, 1.82) is 10.5 Å². The van der Waals surface area contributed by atoms with Gasteiger partial charge in [0.05, 0.1) is 53.2 Å². The molecule has 21 nitrogen and oxygen atoms in total. The second kappa shape index (κ2) is 24.1. The zero-order chi connectivity index (χ0) is 57.6. The van der Waals surface area contributed by atoms with E-state index in [1.54, 1.807) is 67.1 Å². The summed E-state index contributed by atoms with van der Waals surface area (Å²) in [4.78, 5) is 37.3. The number of phenolic OH excluding ortho intramolecular Hbond substituents is 2. The fraction of sp³-hybridized carbons (Fsp3) is 0.295. The molecular weight excluding hydrogens is 1050 g/mol. The van der Waals surface area contributed by atoms with Gasteiger partial charge >= 0.3 is 0 Å². The molecule has 83 heavy (non-hydrogen) atoms. The summed E-state index contributed by atoms with van der Waals surface area (Å²) in [6.45, 7) is 9.48. The van der Waals surface area contributed by atoms with Gasteiger partial charge in [0, 0.05) is 94.0 Å². The molecule has 1 amide bonds. The van der Waals surface area contributed by atoms with Crippen LogP contribution in [-0.4, -0.2) is 150 Å². The number of aromatic nitrogens is 9. The van der Waals surface area contributed by atoms with Crippen molar-refractivity contribution in [3.8, 4) is 81.0 Å². The van der Waals surface area contributed by atoms with Gasteiger partial charge in [0.2, 0.25) is 0 Å². The average molecular weight is 1110 g/mol. The topological polar surface area (TPSA) is 267 Å². The van der Waals surface area contributed by atoms with Crippen molar-refractivity contribution >= 4 is 40.4 Å². The molecule has 3 fully saturated rings. The van der Waals surface area contributed by atoms with Crippen molar-refractivity contribution in [2.45, 2.75) is 51.4 Å². The zero-order valence-corrected chi connectivity index (χ0v) is 45.7. The van der Waals surface area contributed by atoms with Gasteiger partial charge in [-0.3, -0.25) is 9.69 Å². The highest BCUT2D eigenvalue weighted by Gasteiger charge is 2.27. The largest absolute Gasteiger partial charge is 0.507 e. The number of carbonyl (C=O) groups is 1. The van der Waals surface area contributed by atoms with Crippen molar-refractivity contribution in [1.82, 2.24) is 55.2 Å². The Morgan fingerprint density at radius 3 is 2.00 bits per heavy atom. The van der Waals surface area contributed by atoms with Gasteiger partial charge in [0.1, 0.15) is 52.8 Å². The molecule has 0 radical (unpaired) electrons. The van der Waals surface area contributed by atoms with Gasteiger partial charge in [-0.15, -0.1) is 10.2 Å². The number of phenols is 2. The van der Waals surface area contributed by atoms with Crippen LogP contribution in [0.2, 0.25) is 0 Å². The van der Waals surface area contributed by atoms with E-state index in [4.69, 9.17) is 15.7 Å². The molecule has 2 aromatic carbocycles. The highest BCUT2D eigenvalue weighted by Crippen LogP contribution is 2.39. The van der Waals surface area contributed by atoms with E-state index in [-0.39, 0.29) is 41.6 Å². The third-order valence-electron chi connectivity index (χ3n) is 15.3. The number of carbonyl (C=O) groups excluding carboxylic acids is 1. The molecule has 3 atom stereocenters. The van der Waals surface area contributed by atoms with E-state index in [9.17, 15) is 29.9 Å². The number of anilines is 5. The minimum Gasteiger partial charge on any atom is -0.507 e. The number of nitriles is 2. The van der Waals surface area contributed by atoms with E-state index in [1.165, 1.54) is 4.52 Å². The number of hydrogen-bond acceptors (Lipinski definition) is 19. The molecule has 22 heteroatoms. The Hall–Kier alpha value is -10.4. The number of pyridine rings is 2. The van der Waals surface area contributed by atoms with Gasteiger partial charge in [-0.05, 0) is 123 Å². The first kappa shape index (κ1) is 54.5. The number of nitrogen functional groups attached to an aromatic ring is 1. The van der Waals surface area contributed by atoms with Crippen LogP contribution in [0.3, 0.4) is 0 Å². The van der Waals surface area contributed by atoms with Crippen LogP contribution in [0.25, 0.3) is 39.3 Å². The first-order chi connectivity index (χ1) is 40.4. The van der Waals surface area contributed by atoms with E-state index in [0.717, 1.165) is 18.5 Å². The van der Waals surface area contributed by atoms with Crippen molar-refractivity contribution in [3.63, 3.8) is 0 Å². The van der Waals surface area contributed by atoms with Gasteiger partial charge in [-0.1, -0.05) is 24.0 Å². The highest BCUT2D eigenvalue weighted by atomic mass is 19.1. The van der Waals surface area contributed by atoms with Gasteiger partial charge < -0.3 is 40.9 Å². The fourth-order valence-electron chi connectivity index (χ4n) is 10.6. The number of alkyl halides is 1. The lowest BCUT2D eigenvalue weighted by atomic mass is 9.99. The first-order valence-electron chi connectivity index (χ1n) is 27.3. The summed E-state index contributed by atoms with van der Waals surface area (Å²) in [6, 6.07) is 29.3.